The fourth-order valence-corrected chi connectivity index (χ4v) is 3.96. The van der Waals surface area contributed by atoms with E-state index in [1.165, 1.54) is 17.0 Å². The zero-order chi connectivity index (χ0) is 20.0. The van der Waals surface area contributed by atoms with Gasteiger partial charge in [-0.3, -0.25) is 29.4 Å². The largest absolute Gasteiger partial charge is 0.280 e. The standard InChI is InChI=1S/C20H19N3O5/c1-3-21-19(24)16-17(13-8-6-9-14(11-13)23(26)27)22(28-18(16)20(21)25)15-10-5-4-7-12(15)2/h4-11,16-18H,3H2,1-2H3. The Morgan fingerprint density at radius 1 is 1.11 bits per heavy atom. The van der Waals surface area contributed by atoms with Gasteiger partial charge < -0.3 is 0 Å². The van der Waals surface area contributed by atoms with Crippen molar-refractivity contribution in [2.24, 2.45) is 5.92 Å². The van der Waals surface area contributed by atoms with Crippen LogP contribution in [0.1, 0.15) is 24.1 Å². The van der Waals surface area contributed by atoms with Crippen LogP contribution in [-0.4, -0.2) is 34.3 Å². The number of likely N-dealkylation sites (tertiary alicyclic amines) is 1. The van der Waals surface area contributed by atoms with Crippen molar-refractivity contribution in [2.45, 2.75) is 26.0 Å². The van der Waals surface area contributed by atoms with Crippen LogP contribution >= 0.6 is 0 Å². The number of para-hydroxylation sites is 1. The highest BCUT2D eigenvalue weighted by molar-refractivity contribution is 6.07. The van der Waals surface area contributed by atoms with E-state index in [2.05, 4.69) is 0 Å². The van der Waals surface area contributed by atoms with Gasteiger partial charge in [-0.1, -0.05) is 30.3 Å². The summed E-state index contributed by atoms with van der Waals surface area (Å²) in [5.74, 6) is -1.44. The molecule has 2 aliphatic heterocycles. The molecule has 2 heterocycles. The first-order chi connectivity index (χ1) is 13.4. The normalized spacial score (nSPS) is 24.0. The molecular weight excluding hydrogens is 362 g/mol. The van der Waals surface area contributed by atoms with E-state index in [-0.39, 0.29) is 24.0 Å². The Balaban J connectivity index is 1.85. The van der Waals surface area contributed by atoms with Gasteiger partial charge in [0.15, 0.2) is 6.10 Å². The number of rotatable bonds is 4. The Labute approximate surface area is 161 Å². The summed E-state index contributed by atoms with van der Waals surface area (Å²) in [6.07, 6.45) is -0.934. The van der Waals surface area contributed by atoms with Crippen molar-refractivity contribution < 1.29 is 19.3 Å². The zero-order valence-electron chi connectivity index (χ0n) is 15.4. The maximum absolute atomic E-state index is 13.0. The third-order valence-corrected chi connectivity index (χ3v) is 5.30. The highest BCUT2D eigenvalue weighted by atomic mass is 16.7. The van der Waals surface area contributed by atoms with Crippen LogP contribution in [0.4, 0.5) is 11.4 Å². The summed E-state index contributed by atoms with van der Waals surface area (Å²) < 4.78 is 0. The molecule has 3 unspecified atom stereocenters. The summed E-state index contributed by atoms with van der Waals surface area (Å²) in [5.41, 5.74) is 2.11. The number of nitro benzene ring substituents is 1. The molecule has 0 saturated carbocycles. The summed E-state index contributed by atoms with van der Waals surface area (Å²) in [7, 11) is 0. The summed E-state index contributed by atoms with van der Waals surface area (Å²) >= 11 is 0. The number of benzene rings is 2. The van der Waals surface area contributed by atoms with E-state index in [9.17, 15) is 19.7 Å². The van der Waals surface area contributed by atoms with Crippen LogP contribution in [-0.2, 0) is 14.4 Å². The molecule has 2 aromatic rings. The number of anilines is 1. The van der Waals surface area contributed by atoms with Gasteiger partial charge in [0.1, 0.15) is 5.92 Å². The summed E-state index contributed by atoms with van der Waals surface area (Å²) in [5, 5.41) is 12.8. The monoisotopic (exact) mass is 381 g/mol. The molecular formula is C20H19N3O5. The van der Waals surface area contributed by atoms with Crippen LogP contribution in [0.15, 0.2) is 48.5 Å². The molecule has 144 valence electrons. The van der Waals surface area contributed by atoms with Gasteiger partial charge in [0.25, 0.3) is 11.6 Å². The van der Waals surface area contributed by atoms with E-state index < -0.39 is 23.0 Å². The minimum atomic E-state index is -0.934. The highest BCUT2D eigenvalue weighted by Crippen LogP contribution is 2.47. The van der Waals surface area contributed by atoms with Crippen molar-refractivity contribution in [3.63, 3.8) is 0 Å². The topological polar surface area (TPSA) is 93.0 Å². The van der Waals surface area contributed by atoms with Gasteiger partial charge in [-0.2, -0.15) is 0 Å². The van der Waals surface area contributed by atoms with Crippen molar-refractivity contribution >= 4 is 23.2 Å². The van der Waals surface area contributed by atoms with Crippen LogP contribution in [0.3, 0.4) is 0 Å². The van der Waals surface area contributed by atoms with E-state index in [4.69, 9.17) is 4.84 Å². The molecule has 8 heteroatoms. The fourth-order valence-electron chi connectivity index (χ4n) is 3.96. The SMILES string of the molecule is CCN1C(=O)C2ON(c3ccccc3C)C(c3cccc([N+](=O)[O-])c3)C2C1=O. The van der Waals surface area contributed by atoms with Gasteiger partial charge in [-0.25, -0.2) is 5.06 Å². The molecule has 28 heavy (non-hydrogen) atoms. The zero-order valence-corrected chi connectivity index (χ0v) is 15.4. The lowest BCUT2D eigenvalue weighted by Gasteiger charge is -2.29. The van der Waals surface area contributed by atoms with E-state index in [0.717, 1.165) is 11.3 Å². The Bertz CT molecular complexity index is 976. The molecule has 0 N–H and O–H groups in total. The predicted octanol–water partition coefficient (Wildman–Crippen LogP) is 2.77. The quantitative estimate of drug-likeness (QED) is 0.459. The Hall–Kier alpha value is -3.26. The molecule has 2 aliphatic rings. The third-order valence-electron chi connectivity index (χ3n) is 5.30. The lowest BCUT2D eigenvalue weighted by atomic mass is 9.90. The van der Waals surface area contributed by atoms with Gasteiger partial charge in [-0.05, 0) is 31.0 Å². The molecule has 0 aliphatic carbocycles. The Morgan fingerprint density at radius 2 is 1.86 bits per heavy atom. The third kappa shape index (κ3) is 2.65. The number of hydrogen-bond donors (Lipinski definition) is 0. The van der Waals surface area contributed by atoms with Crippen molar-refractivity contribution in [3.05, 3.63) is 69.8 Å². The number of amides is 2. The Kier molecular flexibility index (Phi) is 4.35. The maximum Gasteiger partial charge on any atom is 0.269 e. The smallest absolute Gasteiger partial charge is 0.269 e. The number of carbonyl (C=O) groups is 2. The van der Waals surface area contributed by atoms with E-state index >= 15 is 0 Å². The fraction of sp³-hybridized carbons (Fsp3) is 0.300. The average Bonchev–Trinajstić information content (AvgIpc) is 3.18. The molecule has 3 atom stereocenters. The van der Waals surface area contributed by atoms with Crippen LogP contribution in [0.25, 0.3) is 0 Å². The number of non-ortho nitro benzene ring substituents is 1. The molecule has 4 rings (SSSR count). The van der Waals surface area contributed by atoms with Crippen LogP contribution in [0.5, 0.6) is 0 Å². The summed E-state index contributed by atoms with van der Waals surface area (Å²) in [6, 6.07) is 13.0. The molecule has 2 aromatic carbocycles. The second kappa shape index (κ2) is 6.72. The van der Waals surface area contributed by atoms with Gasteiger partial charge in [0.2, 0.25) is 5.91 Å². The predicted molar refractivity (Wildman–Crippen MR) is 100 cm³/mol. The van der Waals surface area contributed by atoms with Gasteiger partial charge in [0, 0.05) is 18.7 Å². The summed E-state index contributed by atoms with van der Waals surface area (Å²) in [4.78, 5) is 43.6. The number of hydroxylamine groups is 1. The first-order valence-electron chi connectivity index (χ1n) is 9.05. The molecule has 0 bridgehead atoms. The highest BCUT2D eigenvalue weighted by Gasteiger charge is 2.59. The van der Waals surface area contributed by atoms with Crippen molar-refractivity contribution in [1.82, 2.24) is 4.90 Å². The van der Waals surface area contributed by atoms with Crippen molar-refractivity contribution in [3.8, 4) is 0 Å². The maximum atomic E-state index is 13.0. The molecule has 8 nitrogen and oxygen atoms in total. The van der Waals surface area contributed by atoms with Crippen molar-refractivity contribution in [1.29, 1.82) is 0 Å². The second-order valence-corrected chi connectivity index (χ2v) is 6.88. The lowest BCUT2D eigenvalue weighted by molar-refractivity contribution is -0.384. The lowest BCUT2D eigenvalue weighted by Crippen LogP contribution is -2.37. The number of likely N-dealkylation sites (N-methyl/N-ethyl adjacent to an activating group) is 1. The Morgan fingerprint density at radius 3 is 2.54 bits per heavy atom. The van der Waals surface area contributed by atoms with Crippen LogP contribution in [0.2, 0.25) is 0 Å². The van der Waals surface area contributed by atoms with Gasteiger partial charge in [-0.15, -0.1) is 0 Å². The number of aryl methyl sites for hydroxylation is 1. The average molecular weight is 381 g/mol. The van der Waals surface area contributed by atoms with Crippen LogP contribution in [0, 0.1) is 23.0 Å². The van der Waals surface area contributed by atoms with Gasteiger partial charge in [0.05, 0.1) is 16.7 Å². The number of nitro groups is 1. The molecule has 2 saturated heterocycles. The second-order valence-electron chi connectivity index (χ2n) is 6.88. The number of imide groups is 1. The van der Waals surface area contributed by atoms with Crippen molar-refractivity contribution in [2.75, 3.05) is 11.6 Å². The number of carbonyl (C=O) groups excluding carboxylic acids is 2. The van der Waals surface area contributed by atoms with Gasteiger partial charge >= 0.3 is 0 Å². The molecule has 2 fully saturated rings. The summed E-state index contributed by atoms with van der Waals surface area (Å²) in [6.45, 7) is 3.90. The molecule has 0 spiro atoms. The van der Waals surface area contributed by atoms with E-state index in [0.29, 0.717) is 5.56 Å². The first kappa shape index (κ1) is 18.1. The van der Waals surface area contributed by atoms with Crippen LogP contribution < -0.4 is 5.06 Å². The number of nitrogens with zero attached hydrogens (tertiary/aromatic N) is 3. The minimum absolute atomic E-state index is 0.0743. The molecule has 2 amide bonds. The first-order valence-corrected chi connectivity index (χ1v) is 9.05. The number of hydrogen-bond acceptors (Lipinski definition) is 6. The van der Waals surface area contributed by atoms with E-state index in [1.54, 1.807) is 24.1 Å². The number of fused-ring (bicyclic) bond motifs is 1. The minimum Gasteiger partial charge on any atom is -0.280 e. The molecule has 0 aromatic heterocycles. The molecule has 0 radical (unpaired) electrons. The van der Waals surface area contributed by atoms with E-state index in [1.807, 2.05) is 31.2 Å².